The molecular formula is C30H38N7O4+. The van der Waals surface area contributed by atoms with Crippen LogP contribution in [0.3, 0.4) is 0 Å². The normalized spacial score (nSPS) is 20.7. The molecule has 1 atom stereocenters. The maximum absolute atomic E-state index is 14.0. The van der Waals surface area contributed by atoms with Gasteiger partial charge in [0.15, 0.2) is 5.71 Å². The van der Waals surface area contributed by atoms with E-state index in [0.29, 0.717) is 56.1 Å². The molecule has 1 fully saturated rings. The Hall–Kier alpha value is -4.22. The SMILES string of the molecule is C[N+](C(=O)/C=C/C[N+](C)(C)[O-])=C1CCC(n2c3c(n(C4C=CC(Oc5ccccc5)=CC4)c2=O)C(N)=NCN3)CC1. The number of nitrogens with zero attached hydrogens (tertiary/aromatic N) is 5. The summed E-state index contributed by atoms with van der Waals surface area (Å²) < 4.78 is 10.7. The molecule has 2 aliphatic carbocycles. The Morgan fingerprint density at radius 3 is 2.63 bits per heavy atom. The highest BCUT2D eigenvalue weighted by atomic mass is 16.5. The van der Waals surface area contributed by atoms with Crippen LogP contribution in [-0.2, 0) is 4.79 Å². The molecule has 0 radical (unpaired) electrons. The number of fused-ring (bicyclic) bond motifs is 1. The number of anilines is 1. The standard InChI is InChI=1S/C30H38N7O4/c1-34(26(38)10-7-19-37(2,3)40)21-11-13-23(14-12-21)36-29-27(28(31)32-20-33-29)35(30(36)39)22-15-17-25(18-16-22)41-24-8-5-4-6-9-24/h4-10,15,17-18,22-23,33H,11-14,16,19-20H2,1-3H3,(H2,31,32)/q+1/b10-7+,34-21?. The fourth-order valence-corrected chi connectivity index (χ4v) is 5.56. The van der Waals surface area contributed by atoms with Crippen LogP contribution in [0.1, 0.15) is 49.9 Å². The summed E-state index contributed by atoms with van der Waals surface area (Å²) in [5.74, 6) is 2.38. The summed E-state index contributed by atoms with van der Waals surface area (Å²) in [5.41, 5.74) is 7.86. The van der Waals surface area contributed by atoms with Gasteiger partial charge >= 0.3 is 11.6 Å². The van der Waals surface area contributed by atoms with Crippen molar-refractivity contribution in [3.05, 3.63) is 87.9 Å². The predicted octanol–water partition coefficient (Wildman–Crippen LogP) is 3.06. The van der Waals surface area contributed by atoms with Crippen molar-refractivity contribution in [3.63, 3.8) is 0 Å². The number of nitrogens with one attached hydrogen (secondary N) is 1. The van der Waals surface area contributed by atoms with Crippen LogP contribution in [-0.4, -0.2) is 70.2 Å². The van der Waals surface area contributed by atoms with Crippen molar-refractivity contribution in [1.82, 2.24) is 9.13 Å². The van der Waals surface area contributed by atoms with Gasteiger partial charge in [0, 0.05) is 18.9 Å². The van der Waals surface area contributed by atoms with Crippen molar-refractivity contribution >= 4 is 23.3 Å². The van der Waals surface area contributed by atoms with Gasteiger partial charge in [0.1, 0.15) is 42.6 Å². The third kappa shape index (κ3) is 6.26. The number of nitrogens with two attached hydrogens (primary N) is 1. The third-order valence-corrected chi connectivity index (χ3v) is 7.72. The van der Waals surface area contributed by atoms with Gasteiger partial charge in [0.25, 0.3) is 0 Å². The molecule has 41 heavy (non-hydrogen) atoms. The minimum atomic E-state index is -0.483. The lowest BCUT2D eigenvalue weighted by Gasteiger charge is -2.32. The van der Waals surface area contributed by atoms with Crippen molar-refractivity contribution in [2.45, 2.75) is 44.2 Å². The molecule has 1 unspecified atom stereocenters. The Kier molecular flexibility index (Phi) is 8.09. The largest absolute Gasteiger partial charge is 0.633 e. The number of quaternary nitrogens is 1. The van der Waals surface area contributed by atoms with Crippen molar-refractivity contribution < 1.29 is 18.8 Å². The Labute approximate surface area is 239 Å². The second kappa shape index (κ2) is 11.7. The number of amides is 1. The highest BCUT2D eigenvalue weighted by Gasteiger charge is 2.34. The van der Waals surface area contributed by atoms with Crippen molar-refractivity contribution in [3.8, 4) is 5.75 Å². The monoisotopic (exact) mass is 560 g/mol. The molecule has 2 aromatic rings. The number of hydroxylamine groups is 3. The first-order valence-corrected chi connectivity index (χ1v) is 14.0. The van der Waals surface area contributed by atoms with Gasteiger partial charge in [-0.25, -0.2) is 14.6 Å². The molecule has 11 nitrogen and oxygen atoms in total. The first-order chi connectivity index (χ1) is 19.6. The molecule has 3 aliphatic rings. The van der Waals surface area contributed by atoms with Gasteiger partial charge in [-0.3, -0.25) is 9.13 Å². The number of allylic oxidation sites excluding steroid dienone is 3. The van der Waals surface area contributed by atoms with Gasteiger partial charge in [-0.2, -0.15) is 4.58 Å². The summed E-state index contributed by atoms with van der Waals surface area (Å²) in [7, 11) is 4.84. The van der Waals surface area contributed by atoms with Crippen LogP contribution in [0, 0.1) is 5.21 Å². The summed E-state index contributed by atoms with van der Waals surface area (Å²) in [5, 5.41) is 15.0. The molecule has 1 aromatic carbocycles. The van der Waals surface area contributed by atoms with Crippen LogP contribution in [0.2, 0.25) is 0 Å². The Morgan fingerprint density at radius 2 is 1.98 bits per heavy atom. The number of ether oxygens (including phenoxy) is 1. The average molecular weight is 561 g/mol. The second-order valence-electron chi connectivity index (χ2n) is 11.1. The molecule has 11 heteroatoms. The summed E-state index contributed by atoms with van der Waals surface area (Å²) in [6.45, 7) is 0.541. The number of hydrogen-bond acceptors (Lipinski definition) is 7. The van der Waals surface area contributed by atoms with E-state index in [0.717, 1.165) is 17.2 Å². The van der Waals surface area contributed by atoms with Gasteiger partial charge in [0.05, 0.1) is 32.8 Å². The Morgan fingerprint density at radius 1 is 1.24 bits per heavy atom. The third-order valence-electron chi connectivity index (χ3n) is 7.72. The van der Waals surface area contributed by atoms with Crippen molar-refractivity contribution in [2.24, 2.45) is 10.7 Å². The average Bonchev–Trinajstić information content (AvgIpc) is 3.26. The molecule has 1 aromatic heterocycles. The van der Waals surface area contributed by atoms with E-state index >= 15 is 0 Å². The lowest BCUT2D eigenvalue weighted by Crippen LogP contribution is -2.34. The number of hydrogen-bond donors (Lipinski definition) is 2. The van der Waals surface area contributed by atoms with Crippen LogP contribution in [0.15, 0.2) is 76.3 Å². The fourth-order valence-electron chi connectivity index (χ4n) is 5.56. The number of benzene rings is 1. The minimum Gasteiger partial charge on any atom is -0.633 e. The topological polar surface area (TPSA) is 130 Å². The quantitative estimate of drug-likeness (QED) is 0.232. The Balaban J connectivity index is 1.34. The summed E-state index contributed by atoms with van der Waals surface area (Å²) in [4.78, 5) is 31.0. The van der Waals surface area contributed by atoms with E-state index < -0.39 is 4.65 Å². The van der Waals surface area contributed by atoms with Gasteiger partial charge in [-0.1, -0.05) is 24.3 Å². The summed E-state index contributed by atoms with van der Waals surface area (Å²) in [6.07, 6.45) is 12.3. The molecule has 1 amide bonds. The molecule has 5 rings (SSSR count). The number of para-hydroxylation sites is 1. The van der Waals surface area contributed by atoms with Crippen molar-refractivity contribution in [1.29, 1.82) is 0 Å². The van der Waals surface area contributed by atoms with Crippen LogP contribution in [0.25, 0.3) is 0 Å². The molecule has 0 bridgehead atoms. The number of carbonyl (C=O) groups excluding carboxylic acids is 1. The fraction of sp³-hybridized carbons (Fsp3) is 0.400. The minimum absolute atomic E-state index is 0.0441. The molecular weight excluding hydrogens is 522 g/mol. The first kappa shape index (κ1) is 28.3. The van der Waals surface area contributed by atoms with Gasteiger partial charge in [0.2, 0.25) is 0 Å². The van der Waals surface area contributed by atoms with Crippen LogP contribution in [0.5, 0.6) is 5.75 Å². The Bertz CT molecular complexity index is 1510. The summed E-state index contributed by atoms with van der Waals surface area (Å²) in [6, 6.07) is 9.31. The number of carbonyl (C=O) groups is 1. The molecule has 1 aliphatic heterocycles. The van der Waals surface area contributed by atoms with Gasteiger partial charge < -0.3 is 25.6 Å². The van der Waals surface area contributed by atoms with Crippen molar-refractivity contribution in [2.75, 3.05) is 39.7 Å². The zero-order chi connectivity index (χ0) is 29.1. The molecule has 1 saturated carbocycles. The maximum atomic E-state index is 14.0. The lowest BCUT2D eigenvalue weighted by molar-refractivity contribution is -0.833. The smallest absolute Gasteiger partial charge is 0.411 e. The van der Waals surface area contributed by atoms with E-state index in [1.54, 1.807) is 22.3 Å². The van der Waals surface area contributed by atoms with Gasteiger partial charge in [-0.05, 0) is 49.6 Å². The van der Waals surface area contributed by atoms with E-state index in [1.807, 2.05) is 53.1 Å². The number of aliphatic imine (C=N–C) groups is 1. The van der Waals surface area contributed by atoms with Crippen LogP contribution < -0.4 is 21.5 Å². The number of likely N-dealkylation sites (N-methyl/N-ethyl adjacent to an activating group) is 2. The van der Waals surface area contributed by atoms with E-state index in [2.05, 4.69) is 10.3 Å². The lowest BCUT2D eigenvalue weighted by atomic mass is 9.93. The summed E-state index contributed by atoms with van der Waals surface area (Å²) >= 11 is 0. The van der Waals surface area contributed by atoms with Crippen LogP contribution in [0.4, 0.5) is 5.82 Å². The second-order valence-corrected chi connectivity index (χ2v) is 11.1. The zero-order valence-electron chi connectivity index (χ0n) is 23.8. The number of aromatic nitrogens is 2. The number of imidazole rings is 1. The van der Waals surface area contributed by atoms with E-state index in [-0.39, 0.29) is 30.2 Å². The van der Waals surface area contributed by atoms with E-state index in [1.165, 1.54) is 20.2 Å². The number of amidine groups is 1. The van der Waals surface area contributed by atoms with E-state index in [9.17, 15) is 14.8 Å². The zero-order valence-corrected chi connectivity index (χ0v) is 23.8. The van der Waals surface area contributed by atoms with Crippen LogP contribution >= 0.6 is 0 Å². The number of rotatable bonds is 7. The molecule has 0 saturated heterocycles. The maximum Gasteiger partial charge on any atom is 0.411 e. The van der Waals surface area contributed by atoms with E-state index in [4.69, 9.17) is 10.5 Å². The molecule has 0 spiro atoms. The van der Waals surface area contributed by atoms with Gasteiger partial charge in [-0.15, -0.1) is 0 Å². The highest BCUT2D eigenvalue weighted by Crippen LogP contribution is 2.33. The molecule has 2 heterocycles. The highest BCUT2D eigenvalue weighted by molar-refractivity contribution is 6.01. The predicted molar refractivity (Wildman–Crippen MR) is 159 cm³/mol. The molecule has 216 valence electrons. The molecule has 3 N–H and O–H groups in total. The first-order valence-electron chi connectivity index (χ1n) is 14.0.